The molecule has 3 aromatic rings. The van der Waals surface area contributed by atoms with Crippen molar-refractivity contribution in [3.63, 3.8) is 0 Å². The van der Waals surface area contributed by atoms with Crippen molar-refractivity contribution in [2.24, 2.45) is 0 Å². The summed E-state index contributed by atoms with van der Waals surface area (Å²) < 4.78 is 24.2. The van der Waals surface area contributed by atoms with Gasteiger partial charge in [-0.1, -0.05) is 6.07 Å². The fourth-order valence-corrected chi connectivity index (χ4v) is 2.57. The van der Waals surface area contributed by atoms with Crippen molar-refractivity contribution in [2.75, 3.05) is 18.9 Å². The number of carbonyl (C=O) groups excluding carboxylic acids is 1. The number of aromatic nitrogens is 2. The van der Waals surface area contributed by atoms with Gasteiger partial charge in [-0.25, -0.2) is 4.39 Å². The van der Waals surface area contributed by atoms with E-state index in [2.05, 4.69) is 15.5 Å². The molecule has 0 radical (unpaired) electrons. The van der Waals surface area contributed by atoms with E-state index in [-0.39, 0.29) is 12.5 Å². The second-order valence-corrected chi connectivity index (χ2v) is 6.06. The number of aryl methyl sites for hydroxylation is 2. The topological polar surface area (TPSA) is 84.4 Å². The molecule has 7 nitrogen and oxygen atoms in total. The molecule has 26 heavy (non-hydrogen) atoms. The van der Waals surface area contributed by atoms with Crippen molar-refractivity contribution >= 4 is 11.6 Å². The Morgan fingerprint density at radius 2 is 2.04 bits per heavy atom. The third-order valence-corrected chi connectivity index (χ3v) is 3.67. The van der Waals surface area contributed by atoms with E-state index in [1.54, 1.807) is 18.0 Å². The fraction of sp³-hybridized carbons (Fsp3) is 0.278. The molecule has 3 rings (SSSR count). The molecule has 1 aromatic carbocycles. The summed E-state index contributed by atoms with van der Waals surface area (Å²) in [5, 5.41) is 10.7. The summed E-state index contributed by atoms with van der Waals surface area (Å²) in [5.41, 5.74) is 1.17. The first-order valence-electron chi connectivity index (χ1n) is 8.04. The average Bonchev–Trinajstić information content (AvgIpc) is 3.12. The van der Waals surface area contributed by atoms with Crippen LogP contribution in [0.15, 0.2) is 39.2 Å². The molecule has 0 atom stereocenters. The fourth-order valence-electron chi connectivity index (χ4n) is 2.57. The van der Waals surface area contributed by atoms with Crippen LogP contribution in [0.5, 0.6) is 0 Å². The average molecular weight is 358 g/mol. The van der Waals surface area contributed by atoms with Gasteiger partial charge < -0.3 is 14.2 Å². The van der Waals surface area contributed by atoms with Crippen molar-refractivity contribution in [2.45, 2.75) is 20.4 Å². The summed E-state index contributed by atoms with van der Waals surface area (Å²) in [7, 11) is 1.75. The lowest BCUT2D eigenvalue weighted by Crippen LogP contribution is -2.29. The Kier molecular flexibility index (Phi) is 5.13. The Labute approximate surface area is 149 Å². The van der Waals surface area contributed by atoms with Gasteiger partial charge in [0.1, 0.15) is 17.3 Å². The highest BCUT2D eigenvalue weighted by molar-refractivity contribution is 5.92. The van der Waals surface area contributed by atoms with Crippen LogP contribution in [0.2, 0.25) is 0 Å². The van der Waals surface area contributed by atoms with Crippen molar-refractivity contribution in [1.82, 2.24) is 15.1 Å². The van der Waals surface area contributed by atoms with E-state index in [9.17, 15) is 9.18 Å². The van der Waals surface area contributed by atoms with Crippen molar-refractivity contribution < 1.29 is 18.0 Å². The summed E-state index contributed by atoms with van der Waals surface area (Å²) in [4.78, 5) is 13.8. The molecule has 8 heteroatoms. The minimum atomic E-state index is -0.403. The van der Waals surface area contributed by atoms with Crippen LogP contribution < -0.4 is 5.32 Å². The number of carbonyl (C=O) groups is 1. The summed E-state index contributed by atoms with van der Waals surface area (Å²) >= 11 is 0. The lowest BCUT2D eigenvalue weighted by molar-refractivity contribution is -0.117. The Balaban J connectivity index is 1.57. The number of anilines is 1. The van der Waals surface area contributed by atoms with Crippen LogP contribution in [-0.2, 0) is 11.3 Å². The quantitative estimate of drug-likeness (QED) is 0.729. The van der Waals surface area contributed by atoms with E-state index in [0.717, 1.165) is 11.3 Å². The van der Waals surface area contributed by atoms with Crippen LogP contribution in [0, 0.1) is 19.7 Å². The molecule has 0 aliphatic rings. The monoisotopic (exact) mass is 358 g/mol. The van der Waals surface area contributed by atoms with Crippen LogP contribution in [0.1, 0.15) is 17.4 Å². The largest absolute Gasteiger partial charge is 0.466 e. The van der Waals surface area contributed by atoms with Gasteiger partial charge in [-0.15, -0.1) is 10.2 Å². The molecule has 1 N–H and O–H groups in total. The van der Waals surface area contributed by atoms with Gasteiger partial charge >= 0.3 is 0 Å². The summed E-state index contributed by atoms with van der Waals surface area (Å²) in [6.07, 6.45) is 0. The van der Waals surface area contributed by atoms with Crippen LogP contribution in [0.25, 0.3) is 11.5 Å². The Bertz CT molecular complexity index is 919. The number of nitrogens with one attached hydrogen (secondary N) is 1. The van der Waals surface area contributed by atoms with Crippen molar-refractivity contribution in [3.8, 4) is 11.5 Å². The van der Waals surface area contributed by atoms with Crippen LogP contribution in [0.4, 0.5) is 10.1 Å². The van der Waals surface area contributed by atoms with Gasteiger partial charge in [0, 0.05) is 5.69 Å². The highest BCUT2D eigenvalue weighted by Crippen LogP contribution is 2.25. The normalized spacial score (nSPS) is 11.1. The van der Waals surface area contributed by atoms with E-state index in [0.29, 0.717) is 29.8 Å². The number of furan rings is 1. The van der Waals surface area contributed by atoms with Crippen LogP contribution in [0.3, 0.4) is 0 Å². The zero-order valence-electron chi connectivity index (χ0n) is 14.7. The molecule has 0 bridgehead atoms. The molecule has 0 saturated carbocycles. The van der Waals surface area contributed by atoms with Gasteiger partial charge in [0.05, 0.1) is 18.7 Å². The van der Waals surface area contributed by atoms with E-state index < -0.39 is 5.82 Å². The molecule has 136 valence electrons. The SMILES string of the molecule is Cc1cc(-c2nnc(CN(C)CC(=O)Nc3cccc(F)c3)o2)c(C)o1. The number of likely N-dealkylation sites (N-methyl/N-ethyl adjacent to an activating group) is 1. The van der Waals surface area contributed by atoms with Crippen LogP contribution >= 0.6 is 0 Å². The van der Waals surface area contributed by atoms with Gasteiger partial charge in [-0.3, -0.25) is 9.69 Å². The second kappa shape index (κ2) is 7.49. The maximum atomic E-state index is 13.1. The standard InChI is InChI=1S/C18H19FN4O3/c1-11-7-15(12(2)25-11)18-22-21-17(26-18)10-23(3)9-16(24)20-14-6-4-5-13(19)8-14/h4-8H,9-10H2,1-3H3,(H,20,24). The molecule has 0 aliphatic carbocycles. The molecule has 0 aliphatic heterocycles. The minimum absolute atomic E-state index is 0.0953. The van der Waals surface area contributed by atoms with Gasteiger partial charge in [0.2, 0.25) is 11.8 Å². The van der Waals surface area contributed by atoms with E-state index in [1.807, 2.05) is 19.9 Å². The van der Waals surface area contributed by atoms with Crippen LogP contribution in [-0.4, -0.2) is 34.6 Å². The molecule has 1 amide bonds. The van der Waals surface area contributed by atoms with Gasteiger partial charge in [0.15, 0.2) is 0 Å². The maximum absolute atomic E-state index is 13.1. The molecule has 0 spiro atoms. The maximum Gasteiger partial charge on any atom is 0.251 e. The predicted molar refractivity (Wildman–Crippen MR) is 92.8 cm³/mol. The number of halogens is 1. The third kappa shape index (κ3) is 4.34. The number of rotatable bonds is 6. The predicted octanol–water partition coefficient (Wildman–Crippen LogP) is 3.16. The van der Waals surface area contributed by atoms with E-state index in [1.165, 1.54) is 18.2 Å². The molecule has 2 aromatic heterocycles. The molecule has 0 saturated heterocycles. The Morgan fingerprint density at radius 3 is 2.73 bits per heavy atom. The van der Waals surface area contributed by atoms with Gasteiger partial charge in [-0.2, -0.15) is 0 Å². The lowest BCUT2D eigenvalue weighted by Gasteiger charge is -2.14. The summed E-state index contributed by atoms with van der Waals surface area (Å²) in [6, 6.07) is 7.58. The molecular weight excluding hydrogens is 339 g/mol. The molecule has 0 fully saturated rings. The minimum Gasteiger partial charge on any atom is -0.466 e. The summed E-state index contributed by atoms with van der Waals surface area (Å²) in [5.74, 6) is 1.58. The first kappa shape index (κ1) is 17.8. The van der Waals surface area contributed by atoms with Gasteiger partial charge in [-0.05, 0) is 45.2 Å². The zero-order valence-corrected chi connectivity index (χ0v) is 14.7. The molecular formula is C18H19FN4O3. The molecule has 0 unspecified atom stereocenters. The highest BCUT2D eigenvalue weighted by atomic mass is 19.1. The summed E-state index contributed by atoms with van der Waals surface area (Å²) in [6.45, 7) is 4.07. The lowest BCUT2D eigenvalue weighted by atomic mass is 10.2. The number of hydrogen-bond acceptors (Lipinski definition) is 6. The Morgan fingerprint density at radius 1 is 1.23 bits per heavy atom. The number of nitrogens with zero attached hydrogens (tertiary/aromatic N) is 3. The Hall–Kier alpha value is -3.00. The highest BCUT2D eigenvalue weighted by Gasteiger charge is 2.16. The number of benzene rings is 1. The van der Waals surface area contributed by atoms with E-state index >= 15 is 0 Å². The zero-order chi connectivity index (χ0) is 18.7. The van der Waals surface area contributed by atoms with Crippen molar-refractivity contribution in [3.05, 3.63) is 53.6 Å². The smallest absolute Gasteiger partial charge is 0.251 e. The second-order valence-electron chi connectivity index (χ2n) is 6.06. The van der Waals surface area contributed by atoms with Crippen molar-refractivity contribution in [1.29, 1.82) is 0 Å². The number of hydrogen-bond donors (Lipinski definition) is 1. The van der Waals surface area contributed by atoms with E-state index in [4.69, 9.17) is 8.83 Å². The molecule has 2 heterocycles. The van der Waals surface area contributed by atoms with Gasteiger partial charge in [0.25, 0.3) is 5.89 Å². The first-order valence-corrected chi connectivity index (χ1v) is 8.04. The first-order chi connectivity index (χ1) is 12.4. The third-order valence-electron chi connectivity index (χ3n) is 3.67. The number of amides is 1.